The van der Waals surface area contributed by atoms with Crippen LogP contribution in [0.1, 0.15) is 34.1 Å². The normalized spacial score (nSPS) is 31.3. The topological polar surface area (TPSA) is 80.8 Å². The van der Waals surface area contributed by atoms with E-state index in [4.69, 9.17) is 4.74 Å². The summed E-state index contributed by atoms with van der Waals surface area (Å²) in [6, 6.07) is 12.9. The van der Waals surface area contributed by atoms with E-state index in [1.54, 1.807) is 42.5 Å². The summed E-state index contributed by atoms with van der Waals surface area (Å²) >= 11 is 0. The number of ketones is 1. The van der Waals surface area contributed by atoms with E-state index in [9.17, 15) is 19.2 Å². The summed E-state index contributed by atoms with van der Waals surface area (Å²) in [4.78, 5) is 52.5. The Hall–Kier alpha value is -3.54. The molecule has 0 radical (unpaired) electrons. The number of carbonyl (C=O) groups is 4. The highest BCUT2D eigenvalue weighted by Crippen LogP contribution is 2.65. The van der Waals surface area contributed by atoms with Crippen LogP contribution in [0.3, 0.4) is 0 Å². The van der Waals surface area contributed by atoms with Crippen molar-refractivity contribution in [1.82, 2.24) is 0 Å². The van der Waals surface area contributed by atoms with E-state index in [2.05, 4.69) is 12.2 Å². The zero-order valence-electron chi connectivity index (χ0n) is 17.4. The number of imide groups is 1. The number of para-hydroxylation sites is 1. The van der Waals surface area contributed by atoms with E-state index in [1.165, 1.54) is 17.9 Å². The fourth-order valence-electron chi connectivity index (χ4n) is 5.99. The maximum absolute atomic E-state index is 13.3. The summed E-state index contributed by atoms with van der Waals surface area (Å²) in [5.74, 6) is -0.250. The summed E-state index contributed by atoms with van der Waals surface area (Å²) in [5, 5.41) is 0. The molecule has 6 nitrogen and oxygen atoms in total. The van der Waals surface area contributed by atoms with Crippen molar-refractivity contribution in [3.63, 3.8) is 0 Å². The Kier molecular flexibility index (Phi) is 4.03. The molecule has 0 aromatic heterocycles. The SMILES string of the molecule is CC(=O)c1ccccc1OC(=O)c1cccc(N2C(=O)[C@@H]3[C@H]4C=C[C@@H]([C@@H]5C[C@@H]45)[C@H]3C2=O)c1. The molecule has 0 spiro atoms. The van der Waals surface area contributed by atoms with E-state index in [1.807, 2.05) is 0 Å². The van der Waals surface area contributed by atoms with E-state index >= 15 is 0 Å². The van der Waals surface area contributed by atoms with Crippen LogP contribution in [-0.4, -0.2) is 23.6 Å². The number of esters is 1. The van der Waals surface area contributed by atoms with Gasteiger partial charge in [-0.15, -0.1) is 0 Å². The van der Waals surface area contributed by atoms with Crippen molar-refractivity contribution in [2.75, 3.05) is 4.90 Å². The lowest BCUT2D eigenvalue weighted by atomic mass is 9.63. The molecule has 4 aliphatic carbocycles. The monoisotopic (exact) mass is 427 g/mol. The summed E-state index contributed by atoms with van der Waals surface area (Å²) < 4.78 is 5.46. The molecule has 7 rings (SSSR count). The van der Waals surface area contributed by atoms with Crippen molar-refractivity contribution in [2.24, 2.45) is 35.5 Å². The molecule has 0 unspecified atom stereocenters. The van der Waals surface area contributed by atoms with Crippen LogP contribution in [0, 0.1) is 35.5 Å². The van der Waals surface area contributed by atoms with Gasteiger partial charge in [-0.05, 0) is 67.3 Å². The van der Waals surface area contributed by atoms with Crippen molar-refractivity contribution in [3.05, 3.63) is 71.8 Å². The zero-order valence-corrected chi connectivity index (χ0v) is 17.4. The van der Waals surface area contributed by atoms with E-state index < -0.39 is 5.97 Å². The van der Waals surface area contributed by atoms with Crippen LogP contribution in [0.25, 0.3) is 0 Å². The molecule has 1 aliphatic heterocycles. The van der Waals surface area contributed by atoms with Crippen LogP contribution in [0.5, 0.6) is 5.75 Å². The predicted molar refractivity (Wildman–Crippen MR) is 115 cm³/mol. The molecule has 32 heavy (non-hydrogen) atoms. The third-order valence-corrected chi connectivity index (χ3v) is 7.47. The van der Waals surface area contributed by atoms with Gasteiger partial charge in [0, 0.05) is 0 Å². The molecular weight excluding hydrogens is 406 g/mol. The average molecular weight is 427 g/mol. The maximum Gasteiger partial charge on any atom is 0.343 e. The molecular formula is C26H21NO5. The fraction of sp³-hybridized carbons (Fsp3) is 0.308. The van der Waals surface area contributed by atoms with Gasteiger partial charge < -0.3 is 4.74 Å². The Morgan fingerprint density at radius 2 is 1.56 bits per heavy atom. The van der Waals surface area contributed by atoms with Gasteiger partial charge in [0.1, 0.15) is 5.75 Å². The lowest BCUT2D eigenvalue weighted by Crippen LogP contribution is -2.40. The van der Waals surface area contributed by atoms with Gasteiger partial charge in [-0.25, -0.2) is 9.69 Å². The zero-order chi connectivity index (χ0) is 22.1. The third kappa shape index (κ3) is 2.65. The van der Waals surface area contributed by atoms with E-state index in [-0.39, 0.29) is 52.6 Å². The first-order valence-electron chi connectivity index (χ1n) is 10.9. The lowest BCUT2D eigenvalue weighted by Gasteiger charge is -2.37. The smallest absolute Gasteiger partial charge is 0.343 e. The van der Waals surface area contributed by atoms with E-state index in [0.717, 1.165) is 6.42 Å². The van der Waals surface area contributed by atoms with Crippen molar-refractivity contribution in [3.8, 4) is 5.75 Å². The van der Waals surface area contributed by atoms with Crippen molar-refractivity contribution >= 4 is 29.3 Å². The number of carbonyl (C=O) groups excluding carboxylic acids is 4. The minimum atomic E-state index is -0.653. The molecule has 6 atom stereocenters. The number of allylic oxidation sites excluding steroid dienone is 2. The van der Waals surface area contributed by atoms with Gasteiger partial charge in [-0.1, -0.05) is 30.4 Å². The first-order chi connectivity index (χ1) is 15.5. The molecule has 2 aromatic rings. The van der Waals surface area contributed by atoms with Crippen molar-refractivity contribution < 1.29 is 23.9 Å². The molecule has 2 aromatic carbocycles. The summed E-state index contributed by atoms with van der Waals surface area (Å²) in [7, 11) is 0. The second-order valence-corrected chi connectivity index (χ2v) is 9.16. The van der Waals surface area contributed by atoms with Gasteiger partial charge in [0.25, 0.3) is 0 Å². The molecule has 6 heteroatoms. The number of Topliss-reactive ketones (excluding diaryl/α,β-unsaturated/α-hetero) is 1. The number of amides is 2. The van der Waals surface area contributed by atoms with Gasteiger partial charge in [0.05, 0.1) is 28.7 Å². The van der Waals surface area contributed by atoms with Crippen LogP contribution < -0.4 is 9.64 Å². The van der Waals surface area contributed by atoms with Crippen molar-refractivity contribution in [2.45, 2.75) is 13.3 Å². The number of hydrogen-bond donors (Lipinski definition) is 0. The largest absolute Gasteiger partial charge is 0.422 e. The number of anilines is 1. The van der Waals surface area contributed by atoms with Crippen LogP contribution in [-0.2, 0) is 9.59 Å². The van der Waals surface area contributed by atoms with Gasteiger partial charge in [0.2, 0.25) is 11.8 Å². The Labute approximate surface area is 184 Å². The van der Waals surface area contributed by atoms with E-state index in [0.29, 0.717) is 23.1 Å². The van der Waals surface area contributed by atoms with Gasteiger partial charge in [0.15, 0.2) is 5.78 Å². The summed E-state index contributed by atoms with van der Waals surface area (Å²) in [6.45, 7) is 1.41. The molecule has 3 fully saturated rings. The first kappa shape index (κ1) is 19.2. The fourth-order valence-corrected chi connectivity index (χ4v) is 5.99. The van der Waals surface area contributed by atoms with Crippen LogP contribution in [0.2, 0.25) is 0 Å². The highest BCUT2D eigenvalue weighted by atomic mass is 16.5. The first-order valence-corrected chi connectivity index (χ1v) is 10.9. The molecule has 2 saturated carbocycles. The second kappa shape index (κ2) is 6.73. The molecule has 1 saturated heterocycles. The molecule has 2 amide bonds. The number of benzene rings is 2. The highest BCUT2D eigenvalue weighted by molar-refractivity contribution is 6.23. The van der Waals surface area contributed by atoms with Gasteiger partial charge in [-0.3, -0.25) is 14.4 Å². The van der Waals surface area contributed by atoms with Crippen LogP contribution >= 0.6 is 0 Å². The Bertz CT molecular complexity index is 1190. The molecule has 5 aliphatic rings. The second-order valence-electron chi connectivity index (χ2n) is 9.16. The number of ether oxygens (including phenoxy) is 1. The predicted octanol–water partition coefficient (Wildman–Crippen LogP) is 3.67. The maximum atomic E-state index is 13.3. The highest BCUT2D eigenvalue weighted by Gasteiger charge is 2.67. The van der Waals surface area contributed by atoms with Crippen LogP contribution in [0.4, 0.5) is 5.69 Å². The Balaban J connectivity index is 1.29. The molecule has 1 heterocycles. The summed E-state index contributed by atoms with van der Waals surface area (Å²) in [5.41, 5.74) is 0.907. The molecule has 160 valence electrons. The minimum absolute atomic E-state index is 0.146. The standard InChI is InChI=1S/C26H21NO5/c1-13(28)16-7-2-3-8-21(16)32-26(31)14-5-4-6-15(11-14)27-24(29)22-17-9-10-18(20-12-19(17)20)23(22)25(27)30/h2-11,17-20,22-23H,12H2,1H3/t17-,18-,19-,20-,22+,23+/m0/s1. The van der Waals surface area contributed by atoms with Crippen LogP contribution in [0.15, 0.2) is 60.7 Å². The number of rotatable bonds is 4. The minimum Gasteiger partial charge on any atom is -0.422 e. The Morgan fingerprint density at radius 1 is 0.906 bits per heavy atom. The van der Waals surface area contributed by atoms with Gasteiger partial charge in [-0.2, -0.15) is 0 Å². The Morgan fingerprint density at radius 3 is 2.22 bits per heavy atom. The molecule has 0 N–H and O–H groups in total. The average Bonchev–Trinajstić information content (AvgIpc) is 3.57. The third-order valence-electron chi connectivity index (χ3n) is 7.47. The quantitative estimate of drug-likeness (QED) is 0.245. The van der Waals surface area contributed by atoms with Crippen molar-refractivity contribution in [1.29, 1.82) is 0 Å². The van der Waals surface area contributed by atoms with Gasteiger partial charge >= 0.3 is 5.97 Å². The molecule has 2 bridgehead atoms. The lowest BCUT2D eigenvalue weighted by molar-refractivity contribution is -0.124. The number of hydrogen-bond acceptors (Lipinski definition) is 5. The number of nitrogens with zero attached hydrogens (tertiary/aromatic N) is 1. The summed E-state index contributed by atoms with van der Waals surface area (Å²) in [6.07, 6.45) is 5.38.